The molecule has 3 aliphatic heterocycles. The number of halogens is 1. The topological polar surface area (TPSA) is 143 Å². The van der Waals surface area contributed by atoms with Crippen LogP contribution in [0.1, 0.15) is 47.6 Å². The quantitative estimate of drug-likeness (QED) is 0.477. The van der Waals surface area contributed by atoms with Gasteiger partial charge in [-0.1, -0.05) is 0 Å². The zero-order chi connectivity index (χ0) is 28.8. The van der Waals surface area contributed by atoms with Gasteiger partial charge in [0.2, 0.25) is 15.8 Å². The summed E-state index contributed by atoms with van der Waals surface area (Å²) in [4.78, 5) is 32.5. The van der Waals surface area contributed by atoms with Crippen LogP contribution < -0.4 is 10.9 Å². The zero-order valence-corrected chi connectivity index (χ0v) is 23.5. The van der Waals surface area contributed by atoms with Gasteiger partial charge in [0.15, 0.2) is 5.69 Å². The highest BCUT2D eigenvalue weighted by molar-refractivity contribution is 7.89. The van der Waals surface area contributed by atoms with Crippen LogP contribution in [-0.2, 0) is 38.2 Å². The molecule has 222 valence electrons. The first-order chi connectivity index (χ1) is 19.7. The molecule has 6 rings (SSSR count). The molecule has 0 atom stereocenters. The highest BCUT2D eigenvalue weighted by atomic mass is 32.2. The molecule has 1 spiro atoms. The molecule has 4 aliphatic rings. The van der Waals surface area contributed by atoms with Crippen molar-refractivity contribution in [2.24, 2.45) is 5.92 Å². The number of rotatable bonds is 7. The molecular formula is C27H34FN5O7S. The maximum Gasteiger partial charge on any atom is 0.296 e. The lowest BCUT2D eigenvalue weighted by molar-refractivity contribution is -0.139. The van der Waals surface area contributed by atoms with Gasteiger partial charge in [-0.3, -0.25) is 14.2 Å². The van der Waals surface area contributed by atoms with Crippen molar-refractivity contribution >= 4 is 15.9 Å². The van der Waals surface area contributed by atoms with Crippen molar-refractivity contribution in [3.8, 4) is 5.75 Å². The molecule has 1 amide bonds. The Balaban J connectivity index is 1.18. The van der Waals surface area contributed by atoms with E-state index in [-0.39, 0.29) is 36.0 Å². The Morgan fingerprint density at radius 1 is 1.10 bits per heavy atom. The van der Waals surface area contributed by atoms with E-state index in [1.54, 1.807) is 0 Å². The third kappa shape index (κ3) is 5.63. The molecule has 4 heterocycles. The Morgan fingerprint density at radius 3 is 2.54 bits per heavy atom. The van der Waals surface area contributed by atoms with Crippen molar-refractivity contribution in [1.82, 2.24) is 24.1 Å². The number of hydrogen-bond donors (Lipinski definition) is 2. The number of sulfonamides is 1. The van der Waals surface area contributed by atoms with Crippen LogP contribution >= 0.6 is 0 Å². The molecule has 0 radical (unpaired) electrons. The number of fused-ring (bicyclic) bond motifs is 2. The summed E-state index contributed by atoms with van der Waals surface area (Å²) < 4.78 is 55.3. The molecule has 41 heavy (non-hydrogen) atoms. The van der Waals surface area contributed by atoms with Gasteiger partial charge in [-0.05, 0) is 42.5 Å². The maximum atomic E-state index is 14.6. The first-order valence-corrected chi connectivity index (χ1v) is 15.5. The molecule has 1 saturated carbocycles. The molecule has 0 unspecified atom stereocenters. The predicted molar refractivity (Wildman–Crippen MR) is 143 cm³/mol. The normalized spacial score (nSPS) is 21.5. The van der Waals surface area contributed by atoms with Gasteiger partial charge in [0.1, 0.15) is 17.2 Å². The molecule has 1 aliphatic carbocycles. The molecular weight excluding hydrogens is 557 g/mol. The molecule has 14 heteroatoms. The molecule has 1 aromatic heterocycles. The average Bonchev–Trinajstić information content (AvgIpc) is 3.78. The minimum atomic E-state index is -3.94. The second kappa shape index (κ2) is 11.1. The van der Waals surface area contributed by atoms with Crippen molar-refractivity contribution in [3.63, 3.8) is 0 Å². The van der Waals surface area contributed by atoms with E-state index in [1.807, 2.05) is 0 Å². The van der Waals surface area contributed by atoms with E-state index in [9.17, 15) is 27.5 Å². The second-order valence-corrected chi connectivity index (χ2v) is 13.1. The van der Waals surface area contributed by atoms with E-state index in [2.05, 4.69) is 15.2 Å². The molecule has 2 aromatic rings. The third-order valence-electron chi connectivity index (χ3n) is 8.33. The van der Waals surface area contributed by atoms with Crippen molar-refractivity contribution in [1.29, 1.82) is 0 Å². The van der Waals surface area contributed by atoms with E-state index < -0.39 is 44.4 Å². The number of aromatic hydroxyl groups is 1. The Hall–Kier alpha value is -2.91. The lowest BCUT2D eigenvalue weighted by atomic mass is 9.91. The van der Waals surface area contributed by atoms with Crippen molar-refractivity contribution in [2.75, 3.05) is 52.5 Å². The summed E-state index contributed by atoms with van der Waals surface area (Å²) in [5.74, 6) is -1.42. The number of carbonyl (C=O) groups is 1. The van der Waals surface area contributed by atoms with Crippen LogP contribution in [0.3, 0.4) is 0 Å². The Kier molecular flexibility index (Phi) is 7.61. The summed E-state index contributed by atoms with van der Waals surface area (Å²) in [5, 5.41) is 13.1. The first-order valence-electron chi connectivity index (χ1n) is 14.0. The fourth-order valence-electron chi connectivity index (χ4n) is 5.83. The van der Waals surface area contributed by atoms with Gasteiger partial charge in [-0.2, -0.15) is 4.31 Å². The fraction of sp³-hybridized carbons (Fsp3) is 0.593. The third-order valence-corrected chi connectivity index (χ3v) is 10.2. The van der Waals surface area contributed by atoms with E-state index in [0.717, 1.165) is 18.7 Å². The monoisotopic (exact) mass is 591 g/mol. The highest BCUT2D eigenvalue weighted by Gasteiger charge is 2.43. The van der Waals surface area contributed by atoms with Crippen LogP contribution in [0.2, 0.25) is 0 Å². The van der Waals surface area contributed by atoms with Gasteiger partial charge in [0.25, 0.3) is 11.5 Å². The minimum absolute atomic E-state index is 0.190. The number of nitrogens with one attached hydrogen (secondary N) is 1. The van der Waals surface area contributed by atoms with Crippen LogP contribution in [0.5, 0.6) is 5.75 Å². The van der Waals surface area contributed by atoms with Crippen molar-refractivity contribution in [2.45, 2.75) is 49.3 Å². The summed E-state index contributed by atoms with van der Waals surface area (Å²) in [6.45, 7) is 3.91. The number of benzene rings is 1. The fourth-order valence-corrected chi connectivity index (χ4v) is 7.33. The van der Waals surface area contributed by atoms with E-state index in [4.69, 9.17) is 9.47 Å². The van der Waals surface area contributed by atoms with Gasteiger partial charge in [0, 0.05) is 65.3 Å². The molecule has 2 N–H and O–H groups in total. The van der Waals surface area contributed by atoms with E-state index in [1.165, 1.54) is 27.8 Å². The second-order valence-electron chi connectivity index (χ2n) is 11.2. The first kappa shape index (κ1) is 28.2. The molecule has 2 saturated heterocycles. The Morgan fingerprint density at radius 2 is 1.83 bits per heavy atom. The molecule has 3 fully saturated rings. The number of piperazine rings is 1. The summed E-state index contributed by atoms with van der Waals surface area (Å²) in [5.41, 5.74) is -1.90. The maximum absolute atomic E-state index is 14.6. The number of amides is 1. The average molecular weight is 592 g/mol. The van der Waals surface area contributed by atoms with Crippen molar-refractivity contribution in [3.05, 3.63) is 51.5 Å². The molecule has 0 bridgehead atoms. The molecule has 12 nitrogen and oxygen atoms in total. The number of carbonyl (C=O) groups excluding carboxylic acids is 1. The van der Waals surface area contributed by atoms with Crippen molar-refractivity contribution < 1.29 is 32.2 Å². The highest BCUT2D eigenvalue weighted by Crippen LogP contribution is 2.37. The largest absolute Gasteiger partial charge is 0.501 e. The van der Waals surface area contributed by atoms with Gasteiger partial charge < -0.3 is 24.8 Å². The number of aromatic nitrogens is 2. The summed E-state index contributed by atoms with van der Waals surface area (Å²) in [7, 11) is -3.94. The minimum Gasteiger partial charge on any atom is -0.501 e. The lowest BCUT2D eigenvalue weighted by Gasteiger charge is -2.40. The Labute approximate surface area is 237 Å². The van der Waals surface area contributed by atoms with Crippen LogP contribution in [0.25, 0.3) is 0 Å². The van der Waals surface area contributed by atoms with Gasteiger partial charge in [-0.15, -0.1) is 0 Å². The van der Waals surface area contributed by atoms with E-state index >= 15 is 0 Å². The molecule has 1 aromatic carbocycles. The lowest BCUT2D eigenvalue weighted by Crippen LogP contribution is -2.49. The number of hydrogen-bond acceptors (Lipinski definition) is 9. The standard InChI is InChI=1S/C27H34FN5O7S/c28-20-13-19(14-21(15-20)41(37,38)32-7-5-31(6-8-32)17-18-1-2-18)16-29-24(35)22-23(34)25(36)33-9-12-40-27(26(33)30-22)3-10-39-11-4-27/h13-15,18,34H,1-12,16-17H2,(H,29,35). The van der Waals surface area contributed by atoms with Crippen LogP contribution in [0, 0.1) is 11.7 Å². The number of nitrogens with zero attached hydrogens (tertiary/aromatic N) is 4. The van der Waals surface area contributed by atoms with Gasteiger partial charge in [0.05, 0.1) is 18.0 Å². The smallest absolute Gasteiger partial charge is 0.296 e. The SMILES string of the molecule is O=C(NCc1cc(F)cc(S(=O)(=O)N2CCN(CC3CC3)CC2)c1)c1nc2n(c(=O)c1O)CCOC21CCOCC1. The van der Waals surface area contributed by atoms with E-state index in [0.29, 0.717) is 58.2 Å². The summed E-state index contributed by atoms with van der Waals surface area (Å²) >= 11 is 0. The number of ether oxygens (including phenoxy) is 2. The Bertz CT molecular complexity index is 1500. The van der Waals surface area contributed by atoms with Crippen LogP contribution in [-0.4, -0.2) is 90.7 Å². The van der Waals surface area contributed by atoms with Crippen LogP contribution in [0.15, 0.2) is 27.9 Å². The van der Waals surface area contributed by atoms with Gasteiger partial charge >= 0.3 is 0 Å². The predicted octanol–water partition coefficient (Wildman–Crippen LogP) is 0.770. The summed E-state index contributed by atoms with van der Waals surface area (Å²) in [6, 6.07) is 3.43. The van der Waals surface area contributed by atoms with Gasteiger partial charge in [-0.25, -0.2) is 17.8 Å². The summed E-state index contributed by atoms with van der Waals surface area (Å²) in [6.07, 6.45) is 3.35. The zero-order valence-electron chi connectivity index (χ0n) is 22.7. The van der Waals surface area contributed by atoms with Crippen LogP contribution in [0.4, 0.5) is 4.39 Å².